The van der Waals surface area contributed by atoms with E-state index in [0.29, 0.717) is 12.1 Å². The fraction of sp³-hybridized carbons (Fsp3) is 0.393. The van der Waals surface area contributed by atoms with Gasteiger partial charge in [0.15, 0.2) is 0 Å². The first-order chi connectivity index (χ1) is 16.3. The number of carbonyl (C=O) groups excluding carboxylic acids is 3. The summed E-state index contributed by atoms with van der Waals surface area (Å²) in [4.78, 5) is 40.7. The Morgan fingerprint density at radius 1 is 0.971 bits per heavy atom. The molecule has 2 rings (SSSR count). The Hall–Kier alpha value is -3.61. The molecule has 0 aromatic heterocycles. The fourth-order valence-corrected chi connectivity index (χ4v) is 3.61. The van der Waals surface area contributed by atoms with Crippen molar-refractivity contribution in [1.82, 2.24) is 15.5 Å². The Labute approximate surface area is 208 Å². The van der Waals surface area contributed by atoms with Crippen molar-refractivity contribution in [3.05, 3.63) is 77.9 Å². The molecule has 35 heavy (non-hydrogen) atoms. The van der Waals surface area contributed by atoms with Crippen molar-refractivity contribution in [3.8, 4) is 0 Å². The number of nitrogens with one attached hydrogen (secondary N) is 2. The van der Waals surface area contributed by atoms with Gasteiger partial charge in [-0.3, -0.25) is 9.59 Å². The van der Waals surface area contributed by atoms with Crippen LogP contribution in [0.15, 0.2) is 61.2 Å². The van der Waals surface area contributed by atoms with Crippen molar-refractivity contribution in [2.75, 3.05) is 6.54 Å². The second kappa shape index (κ2) is 11.7. The van der Waals surface area contributed by atoms with Crippen molar-refractivity contribution in [2.45, 2.75) is 65.3 Å². The Bertz CT molecular complexity index is 1040. The maximum absolute atomic E-state index is 13.6. The first-order valence-corrected chi connectivity index (χ1v) is 11.6. The molecule has 0 saturated carbocycles. The van der Waals surface area contributed by atoms with E-state index in [4.69, 9.17) is 4.74 Å². The molecule has 0 aliphatic rings. The lowest BCUT2D eigenvalue weighted by Gasteiger charge is -2.41. The van der Waals surface area contributed by atoms with Crippen LogP contribution in [0.2, 0.25) is 0 Å². The van der Waals surface area contributed by atoms with Crippen LogP contribution in [0.4, 0.5) is 4.79 Å². The number of alkyl carbamates (subject to hydrolysis) is 1. The highest BCUT2D eigenvalue weighted by Crippen LogP contribution is 2.30. The van der Waals surface area contributed by atoms with Gasteiger partial charge in [0.2, 0.25) is 11.8 Å². The second-order valence-corrected chi connectivity index (χ2v) is 10.3. The summed E-state index contributed by atoms with van der Waals surface area (Å²) in [5.74, 6) is -0.733. The molecule has 0 fully saturated rings. The van der Waals surface area contributed by atoms with E-state index in [1.54, 1.807) is 26.8 Å². The molecule has 0 bridgehead atoms. The average Bonchev–Trinajstić information content (AvgIpc) is 2.78. The molecule has 0 aliphatic heterocycles. The van der Waals surface area contributed by atoms with E-state index in [1.165, 1.54) is 4.90 Å². The SMILES string of the molecule is C=Cc1cccc(C(C(=O)NCc2ccccc2)N(C(=O)CNC(=O)OC(C)(C)C)C(C)(C)C)c1. The van der Waals surface area contributed by atoms with Crippen LogP contribution in [0.25, 0.3) is 6.08 Å². The molecule has 2 aromatic rings. The van der Waals surface area contributed by atoms with E-state index in [0.717, 1.165) is 11.1 Å². The summed E-state index contributed by atoms with van der Waals surface area (Å²) in [5.41, 5.74) is 0.998. The van der Waals surface area contributed by atoms with Gasteiger partial charge in [0.05, 0.1) is 0 Å². The largest absolute Gasteiger partial charge is 0.444 e. The second-order valence-electron chi connectivity index (χ2n) is 10.3. The lowest BCUT2D eigenvalue weighted by atomic mass is 9.95. The van der Waals surface area contributed by atoms with Gasteiger partial charge in [-0.1, -0.05) is 61.2 Å². The molecule has 2 N–H and O–H groups in total. The summed E-state index contributed by atoms with van der Waals surface area (Å²) in [7, 11) is 0. The molecule has 7 nitrogen and oxygen atoms in total. The molecular weight excluding hydrogens is 442 g/mol. The van der Waals surface area contributed by atoms with Crippen LogP contribution >= 0.6 is 0 Å². The van der Waals surface area contributed by atoms with Gasteiger partial charge in [0, 0.05) is 12.1 Å². The lowest BCUT2D eigenvalue weighted by Crippen LogP contribution is -2.55. The maximum atomic E-state index is 13.6. The van der Waals surface area contributed by atoms with E-state index in [-0.39, 0.29) is 12.5 Å². The summed E-state index contributed by atoms with van der Waals surface area (Å²) >= 11 is 0. The Morgan fingerprint density at radius 3 is 2.20 bits per heavy atom. The van der Waals surface area contributed by atoms with Crippen LogP contribution in [0, 0.1) is 0 Å². The minimum Gasteiger partial charge on any atom is -0.444 e. The summed E-state index contributed by atoms with van der Waals surface area (Å²) < 4.78 is 5.25. The number of ether oxygens (including phenoxy) is 1. The lowest BCUT2D eigenvalue weighted by molar-refractivity contribution is -0.146. The van der Waals surface area contributed by atoms with Gasteiger partial charge in [0.1, 0.15) is 18.2 Å². The predicted molar refractivity (Wildman–Crippen MR) is 138 cm³/mol. The molecule has 188 valence electrons. The van der Waals surface area contributed by atoms with Crippen molar-refractivity contribution in [3.63, 3.8) is 0 Å². The number of amides is 3. The van der Waals surface area contributed by atoms with Crippen molar-refractivity contribution < 1.29 is 19.1 Å². The molecule has 1 atom stereocenters. The van der Waals surface area contributed by atoms with Crippen molar-refractivity contribution in [1.29, 1.82) is 0 Å². The van der Waals surface area contributed by atoms with Crippen LogP contribution in [-0.2, 0) is 20.9 Å². The Morgan fingerprint density at radius 2 is 1.63 bits per heavy atom. The highest BCUT2D eigenvalue weighted by Gasteiger charge is 2.38. The van der Waals surface area contributed by atoms with Gasteiger partial charge in [-0.05, 0) is 64.3 Å². The summed E-state index contributed by atoms with van der Waals surface area (Å²) in [6, 6.07) is 16.0. The number of rotatable bonds is 8. The molecule has 0 spiro atoms. The molecule has 0 aliphatic carbocycles. The molecule has 1 unspecified atom stereocenters. The summed E-state index contributed by atoms with van der Waals surface area (Å²) in [6.45, 7) is 14.6. The van der Waals surface area contributed by atoms with E-state index < -0.39 is 29.2 Å². The zero-order valence-electron chi connectivity index (χ0n) is 21.6. The maximum Gasteiger partial charge on any atom is 0.408 e. The number of hydrogen-bond donors (Lipinski definition) is 2. The predicted octanol–water partition coefficient (Wildman–Crippen LogP) is 4.84. The monoisotopic (exact) mass is 479 g/mol. The molecule has 7 heteroatoms. The first-order valence-electron chi connectivity index (χ1n) is 11.6. The van der Waals surface area contributed by atoms with Gasteiger partial charge in [-0.2, -0.15) is 0 Å². The Kier molecular flexibility index (Phi) is 9.23. The fourth-order valence-electron chi connectivity index (χ4n) is 3.61. The number of carbonyl (C=O) groups is 3. The summed E-state index contributed by atoms with van der Waals surface area (Å²) in [6.07, 6.45) is 0.994. The smallest absolute Gasteiger partial charge is 0.408 e. The van der Waals surface area contributed by atoms with Crippen LogP contribution in [0.5, 0.6) is 0 Å². The number of benzene rings is 2. The van der Waals surface area contributed by atoms with Crippen molar-refractivity contribution >= 4 is 24.0 Å². The minimum atomic E-state index is -0.924. The van der Waals surface area contributed by atoms with Crippen molar-refractivity contribution in [2.24, 2.45) is 0 Å². The molecule has 3 amide bonds. The minimum absolute atomic E-state index is 0.310. The third-order valence-electron chi connectivity index (χ3n) is 5.05. The highest BCUT2D eigenvalue weighted by molar-refractivity contribution is 5.91. The molecular formula is C28H37N3O4. The van der Waals surface area contributed by atoms with E-state index in [2.05, 4.69) is 17.2 Å². The van der Waals surface area contributed by atoms with Gasteiger partial charge < -0.3 is 20.3 Å². The molecule has 0 saturated heterocycles. The molecule has 2 aromatic carbocycles. The first kappa shape index (κ1) is 27.6. The van der Waals surface area contributed by atoms with E-state index in [1.807, 2.05) is 75.4 Å². The zero-order chi connectivity index (χ0) is 26.2. The Balaban J connectivity index is 2.37. The van der Waals surface area contributed by atoms with Crippen LogP contribution in [0.3, 0.4) is 0 Å². The number of hydrogen-bond acceptors (Lipinski definition) is 4. The van der Waals surface area contributed by atoms with E-state index in [9.17, 15) is 14.4 Å². The van der Waals surface area contributed by atoms with Gasteiger partial charge in [-0.25, -0.2) is 4.79 Å². The number of nitrogens with zero attached hydrogens (tertiary/aromatic N) is 1. The average molecular weight is 480 g/mol. The normalized spacial score (nSPS) is 12.3. The van der Waals surface area contributed by atoms with Crippen LogP contribution in [0.1, 0.15) is 64.3 Å². The highest BCUT2D eigenvalue weighted by atomic mass is 16.6. The van der Waals surface area contributed by atoms with E-state index >= 15 is 0 Å². The molecule has 0 radical (unpaired) electrons. The standard InChI is InChI=1S/C28H37N3O4/c1-8-20-15-12-16-22(17-20)24(25(33)29-18-21-13-10-9-11-14-21)31(27(2,3)4)23(32)19-30-26(34)35-28(5,6)7/h8-17,24H,1,18-19H2,2-7H3,(H,29,33)(H,30,34). The van der Waals surface area contributed by atoms with Gasteiger partial charge in [0.25, 0.3) is 0 Å². The van der Waals surface area contributed by atoms with Crippen LogP contribution in [-0.4, -0.2) is 40.5 Å². The summed E-state index contributed by atoms with van der Waals surface area (Å²) in [5, 5.41) is 5.48. The quantitative estimate of drug-likeness (QED) is 0.567. The van der Waals surface area contributed by atoms with Crippen LogP contribution < -0.4 is 10.6 Å². The third-order valence-corrected chi connectivity index (χ3v) is 5.05. The third kappa shape index (κ3) is 8.59. The molecule has 0 heterocycles. The zero-order valence-corrected chi connectivity index (χ0v) is 21.6. The van der Waals surface area contributed by atoms with Gasteiger partial charge >= 0.3 is 6.09 Å². The van der Waals surface area contributed by atoms with Gasteiger partial charge in [-0.15, -0.1) is 0 Å². The topological polar surface area (TPSA) is 87.7 Å².